The van der Waals surface area contributed by atoms with Crippen LogP contribution >= 0.6 is 11.3 Å². The number of aliphatic hydroxyl groups excluding tert-OH is 1. The Morgan fingerprint density at radius 2 is 2.16 bits per heavy atom. The van der Waals surface area contributed by atoms with E-state index < -0.39 is 0 Å². The van der Waals surface area contributed by atoms with Crippen LogP contribution in [0.3, 0.4) is 0 Å². The quantitative estimate of drug-likeness (QED) is 0.763. The predicted molar refractivity (Wildman–Crippen MR) is 82.3 cm³/mol. The molecule has 0 unspecified atom stereocenters. The third kappa shape index (κ3) is 3.22. The number of rotatable bonds is 7. The second kappa shape index (κ2) is 6.82. The van der Waals surface area contributed by atoms with E-state index in [1.807, 2.05) is 6.08 Å². The smallest absolute Gasteiger partial charge is 0.0558 e. The molecule has 2 rings (SSSR count). The summed E-state index contributed by atoms with van der Waals surface area (Å²) in [7, 11) is 0. The van der Waals surface area contributed by atoms with E-state index in [0.717, 1.165) is 13.1 Å². The fourth-order valence-electron chi connectivity index (χ4n) is 2.27. The molecule has 0 saturated carbocycles. The summed E-state index contributed by atoms with van der Waals surface area (Å²) >= 11 is 1.76. The van der Waals surface area contributed by atoms with Crippen molar-refractivity contribution >= 4 is 21.4 Å². The van der Waals surface area contributed by atoms with E-state index in [2.05, 4.69) is 35.7 Å². The highest BCUT2D eigenvalue weighted by atomic mass is 32.1. The Morgan fingerprint density at radius 3 is 2.84 bits per heavy atom. The maximum absolute atomic E-state index is 9.13. The number of benzene rings is 1. The van der Waals surface area contributed by atoms with Gasteiger partial charge in [-0.2, -0.15) is 0 Å². The van der Waals surface area contributed by atoms with E-state index in [9.17, 15) is 0 Å². The molecule has 102 valence electrons. The molecule has 2 aromatic rings. The highest BCUT2D eigenvalue weighted by Gasteiger charge is 2.13. The van der Waals surface area contributed by atoms with Crippen LogP contribution in [0.25, 0.3) is 10.1 Å². The van der Waals surface area contributed by atoms with Crippen LogP contribution in [-0.2, 0) is 13.1 Å². The zero-order valence-corrected chi connectivity index (χ0v) is 11.8. The van der Waals surface area contributed by atoms with Gasteiger partial charge in [0.2, 0.25) is 0 Å². The van der Waals surface area contributed by atoms with E-state index in [0.29, 0.717) is 13.1 Å². The molecular weight excluding hydrogens is 256 g/mol. The molecule has 1 aromatic heterocycles. The van der Waals surface area contributed by atoms with E-state index in [1.54, 1.807) is 11.3 Å². The SMILES string of the molecule is C=CCN(CCO)Cc1c(CN)sc2ccccc12. The molecule has 4 heteroatoms. The number of aliphatic hydroxyl groups is 1. The molecule has 1 heterocycles. The van der Waals surface area contributed by atoms with Crippen molar-refractivity contribution < 1.29 is 5.11 Å². The van der Waals surface area contributed by atoms with E-state index in [-0.39, 0.29) is 6.61 Å². The molecule has 0 atom stereocenters. The lowest BCUT2D eigenvalue weighted by atomic mass is 10.1. The first-order valence-corrected chi connectivity index (χ1v) is 7.25. The monoisotopic (exact) mass is 276 g/mol. The molecule has 0 bridgehead atoms. The van der Waals surface area contributed by atoms with Gasteiger partial charge >= 0.3 is 0 Å². The topological polar surface area (TPSA) is 49.5 Å². The Bertz CT molecular complexity index is 550. The molecule has 1 aromatic carbocycles. The summed E-state index contributed by atoms with van der Waals surface area (Å²) in [5.74, 6) is 0. The Labute approximate surface area is 118 Å². The van der Waals surface area contributed by atoms with Crippen LogP contribution in [-0.4, -0.2) is 29.7 Å². The Kier molecular flexibility index (Phi) is 5.10. The van der Waals surface area contributed by atoms with Gasteiger partial charge in [0.1, 0.15) is 0 Å². The first-order chi connectivity index (χ1) is 9.30. The molecule has 3 N–H and O–H groups in total. The molecule has 0 aliphatic heterocycles. The Hall–Kier alpha value is -1.20. The first kappa shape index (κ1) is 14.2. The van der Waals surface area contributed by atoms with Gasteiger partial charge in [-0.15, -0.1) is 17.9 Å². The number of thiophene rings is 1. The largest absolute Gasteiger partial charge is 0.395 e. The first-order valence-electron chi connectivity index (χ1n) is 6.43. The van der Waals surface area contributed by atoms with E-state index >= 15 is 0 Å². The molecule has 0 saturated heterocycles. The minimum Gasteiger partial charge on any atom is -0.395 e. The molecule has 0 spiro atoms. The van der Waals surface area contributed by atoms with Crippen LogP contribution in [0.5, 0.6) is 0 Å². The maximum atomic E-state index is 9.13. The maximum Gasteiger partial charge on any atom is 0.0558 e. The summed E-state index contributed by atoms with van der Waals surface area (Å²) in [6, 6.07) is 8.39. The van der Waals surface area contributed by atoms with Gasteiger partial charge in [-0.05, 0) is 17.0 Å². The van der Waals surface area contributed by atoms with Crippen LogP contribution in [0.15, 0.2) is 36.9 Å². The number of nitrogens with zero attached hydrogens (tertiary/aromatic N) is 1. The lowest BCUT2D eigenvalue weighted by Crippen LogP contribution is -2.27. The highest BCUT2D eigenvalue weighted by Crippen LogP contribution is 2.31. The van der Waals surface area contributed by atoms with Crippen LogP contribution in [0, 0.1) is 0 Å². The minimum absolute atomic E-state index is 0.161. The standard InChI is InChI=1S/C15H20N2OS/c1-2-7-17(8-9-18)11-13-12-5-3-4-6-14(12)19-15(13)10-16/h2-6,18H,1,7-11,16H2. The summed E-state index contributed by atoms with van der Waals surface area (Å²) in [5.41, 5.74) is 7.15. The lowest BCUT2D eigenvalue weighted by molar-refractivity contribution is 0.204. The van der Waals surface area contributed by atoms with Crippen molar-refractivity contribution in [2.45, 2.75) is 13.1 Å². The summed E-state index contributed by atoms with van der Waals surface area (Å²) in [6.07, 6.45) is 1.87. The van der Waals surface area contributed by atoms with Crippen LogP contribution < -0.4 is 5.73 Å². The third-order valence-electron chi connectivity index (χ3n) is 3.15. The Morgan fingerprint density at radius 1 is 1.37 bits per heavy atom. The van der Waals surface area contributed by atoms with Crippen LogP contribution in [0.4, 0.5) is 0 Å². The van der Waals surface area contributed by atoms with E-state index in [1.165, 1.54) is 20.5 Å². The molecular formula is C15H20N2OS. The van der Waals surface area contributed by atoms with Gasteiger partial charge in [0.05, 0.1) is 6.61 Å². The minimum atomic E-state index is 0.161. The van der Waals surface area contributed by atoms with Crippen LogP contribution in [0.2, 0.25) is 0 Å². The lowest BCUT2D eigenvalue weighted by Gasteiger charge is -2.20. The summed E-state index contributed by atoms with van der Waals surface area (Å²) < 4.78 is 1.28. The van der Waals surface area contributed by atoms with Crippen molar-refractivity contribution in [2.75, 3.05) is 19.7 Å². The van der Waals surface area contributed by atoms with Gasteiger partial charge in [-0.25, -0.2) is 0 Å². The number of fused-ring (bicyclic) bond motifs is 1. The molecule has 0 amide bonds. The third-order valence-corrected chi connectivity index (χ3v) is 4.39. The van der Waals surface area contributed by atoms with Crippen molar-refractivity contribution in [3.05, 3.63) is 47.4 Å². The van der Waals surface area contributed by atoms with Gasteiger partial charge in [-0.1, -0.05) is 24.3 Å². The number of hydrogen-bond acceptors (Lipinski definition) is 4. The van der Waals surface area contributed by atoms with E-state index in [4.69, 9.17) is 10.8 Å². The zero-order valence-electron chi connectivity index (χ0n) is 11.0. The molecule has 0 aliphatic rings. The molecule has 0 radical (unpaired) electrons. The van der Waals surface area contributed by atoms with Crippen molar-refractivity contribution in [3.63, 3.8) is 0 Å². The molecule has 0 aliphatic carbocycles. The molecule has 19 heavy (non-hydrogen) atoms. The normalized spacial score (nSPS) is 11.3. The fourth-order valence-corrected chi connectivity index (χ4v) is 3.36. The predicted octanol–water partition coefficient (Wildman–Crippen LogP) is 2.34. The molecule has 3 nitrogen and oxygen atoms in total. The zero-order chi connectivity index (χ0) is 13.7. The summed E-state index contributed by atoms with van der Waals surface area (Å²) in [4.78, 5) is 3.41. The van der Waals surface area contributed by atoms with Crippen molar-refractivity contribution in [3.8, 4) is 0 Å². The highest BCUT2D eigenvalue weighted by molar-refractivity contribution is 7.19. The number of nitrogens with two attached hydrogens (primary N) is 1. The average molecular weight is 276 g/mol. The summed E-state index contributed by atoms with van der Waals surface area (Å²) in [5, 5.41) is 10.4. The van der Waals surface area contributed by atoms with Crippen molar-refractivity contribution in [1.82, 2.24) is 4.90 Å². The van der Waals surface area contributed by atoms with Crippen molar-refractivity contribution in [2.24, 2.45) is 5.73 Å². The second-order valence-electron chi connectivity index (χ2n) is 4.45. The second-order valence-corrected chi connectivity index (χ2v) is 5.59. The van der Waals surface area contributed by atoms with Crippen LogP contribution in [0.1, 0.15) is 10.4 Å². The van der Waals surface area contributed by atoms with Gasteiger partial charge in [-0.3, -0.25) is 4.90 Å². The summed E-state index contributed by atoms with van der Waals surface area (Å²) in [6.45, 7) is 6.73. The van der Waals surface area contributed by atoms with Crippen molar-refractivity contribution in [1.29, 1.82) is 0 Å². The average Bonchev–Trinajstić information content (AvgIpc) is 2.78. The Balaban J connectivity index is 2.33. The fraction of sp³-hybridized carbons (Fsp3) is 0.333. The number of hydrogen-bond donors (Lipinski definition) is 2. The van der Waals surface area contributed by atoms with Gasteiger partial charge in [0.25, 0.3) is 0 Å². The van der Waals surface area contributed by atoms with Gasteiger partial charge in [0.15, 0.2) is 0 Å². The van der Waals surface area contributed by atoms with Gasteiger partial charge < -0.3 is 10.8 Å². The molecule has 0 fully saturated rings. The van der Waals surface area contributed by atoms with Gasteiger partial charge in [0, 0.05) is 35.8 Å².